The van der Waals surface area contributed by atoms with Crippen LogP contribution >= 0.6 is 0 Å². The second kappa shape index (κ2) is 17.0. The van der Waals surface area contributed by atoms with Crippen molar-refractivity contribution in [3.05, 3.63) is 89.1 Å². The molecule has 1 aromatic heterocycles. The maximum Gasteiger partial charge on any atom is 0.281 e. The Morgan fingerprint density at radius 1 is 0.878 bits per heavy atom. The van der Waals surface area contributed by atoms with E-state index in [1.54, 1.807) is 41.4 Å². The number of nitrogens with one attached hydrogen (secondary N) is 3. The van der Waals surface area contributed by atoms with Gasteiger partial charge in [-0.3, -0.25) is 14.4 Å². The Kier molecular flexibility index (Phi) is 13.0. The zero-order valence-electron chi connectivity index (χ0n) is 29.2. The van der Waals surface area contributed by atoms with Crippen LogP contribution in [0, 0.1) is 5.41 Å². The molecule has 4 rings (SSSR count). The van der Waals surface area contributed by atoms with E-state index in [1.165, 1.54) is 22.7 Å². The van der Waals surface area contributed by atoms with Crippen molar-refractivity contribution in [1.29, 1.82) is 0 Å². The van der Waals surface area contributed by atoms with Crippen molar-refractivity contribution >= 4 is 39.4 Å². The minimum atomic E-state index is -3.61. The number of carbonyl (C=O) groups is 3. The van der Waals surface area contributed by atoms with Gasteiger partial charge in [-0.2, -0.15) is 17.0 Å². The number of amides is 3. The molecule has 264 valence electrons. The Morgan fingerprint density at radius 3 is 2.18 bits per heavy atom. The van der Waals surface area contributed by atoms with Crippen molar-refractivity contribution in [2.24, 2.45) is 5.41 Å². The van der Waals surface area contributed by atoms with Crippen LogP contribution in [0.15, 0.2) is 66.9 Å². The van der Waals surface area contributed by atoms with Gasteiger partial charge in [0.2, 0.25) is 17.7 Å². The monoisotopic (exact) mass is 691 g/mol. The summed E-state index contributed by atoms with van der Waals surface area (Å²) in [5, 5.41) is 8.94. The number of benzene rings is 2. The second-order valence-corrected chi connectivity index (χ2v) is 14.8. The fraction of sp³-hybridized carbons (Fsp3) is 0.444. The number of aryl methyl sites for hydroxylation is 1. The number of carbonyl (C=O) groups excluding carboxylic acids is 3. The number of aromatic nitrogens is 1. The van der Waals surface area contributed by atoms with Gasteiger partial charge in [-0.05, 0) is 79.3 Å². The molecule has 13 heteroatoms. The van der Waals surface area contributed by atoms with Gasteiger partial charge in [-0.15, -0.1) is 0 Å². The van der Waals surface area contributed by atoms with E-state index >= 15 is 0 Å². The van der Waals surface area contributed by atoms with E-state index < -0.39 is 15.6 Å². The highest BCUT2D eigenvalue weighted by Gasteiger charge is 2.45. The number of hydrogen-bond donors (Lipinski definition) is 3. The lowest BCUT2D eigenvalue weighted by Crippen LogP contribution is -2.53. The van der Waals surface area contributed by atoms with Crippen LogP contribution in [0.3, 0.4) is 0 Å². The van der Waals surface area contributed by atoms with Crippen LogP contribution in [-0.4, -0.2) is 85.4 Å². The Balaban J connectivity index is 1.55. The van der Waals surface area contributed by atoms with E-state index in [4.69, 9.17) is 0 Å². The molecular weight excluding hydrogens is 643 g/mol. The Hall–Kier alpha value is -4.17. The quantitative estimate of drug-likeness (QED) is 0.220. The Morgan fingerprint density at radius 2 is 1.57 bits per heavy atom. The van der Waals surface area contributed by atoms with E-state index in [0.29, 0.717) is 43.7 Å². The van der Waals surface area contributed by atoms with Gasteiger partial charge in [0, 0.05) is 52.2 Å². The number of rotatable bonds is 15. The molecule has 3 N–H and O–H groups in total. The molecule has 0 radical (unpaired) electrons. The average molecular weight is 692 g/mol. The standard InChI is InChI=1S/C36H49N7O5S/c1-6-27-15-16-31(22-30(27)23-33(44)40-32-14-10-11-19-38-32)39-34(45)26-42(25-29-13-9-8-12-28(29)24-37-3)35(46)36(7-2)17-20-43(21-18-36)49(47,48)41(4)5/h8-16,19,22,37H,6-7,17-18,20-21,23-26H2,1-5H3,(H,39,45)(H,38,40,44). The topological polar surface area (TPSA) is 144 Å². The van der Waals surface area contributed by atoms with Gasteiger partial charge in [0.25, 0.3) is 10.2 Å². The maximum absolute atomic E-state index is 14.5. The predicted molar refractivity (Wildman–Crippen MR) is 192 cm³/mol. The van der Waals surface area contributed by atoms with Crippen LogP contribution in [-0.2, 0) is 50.5 Å². The third-order valence-corrected chi connectivity index (χ3v) is 11.2. The molecule has 0 aliphatic carbocycles. The largest absolute Gasteiger partial charge is 0.329 e. The first kappa shape index (κ1) is 37.6. The van der Waals surface area contributed by atoms with Crippen LogP contribution in [0.1, 0.15) is 55.4 Å². The SMILES string of the molecule is CCc1ccc(NC(=O)CN(Cc2ccccc2CNC)C(=O)C2(CC)CCN(S(=O)(=O)N(C)C)CC2)cc1CC(=O)Nc1ccccn1. The van der Waals surface area contributed by atoms with Gasteiger partial charge in [-0.1, -0.05) is 50.2 Å². The van der Waals surface area contributed by atoms with E-state index in [0.717, 1.165) is 22.3 Å². The van der Waals surface area contributed by atoms with Gasteiger partial charge < -0.3 is 20.9 Å². The molecule has 49 heavy (non-hydrogen) atoms. The fourth-order valence-corrected chi connectivity index (χ4v) is 7.40. The Labute approximate surface area is 290 Å². The van der Waals surface area contributed by atoms with Crippen molar-refractivity contribution < 1.29 is 22.8 Å². The van der Waals surface area contributed by atoms with Gasteiger partial charge in [0.15, 0.2) is 0 Å². The van der Waals surface area contributed by atoms with Crippen LogP contribution in [0.4, 0.5) is 11.5 Å². The number of hydrogen-bond acceptors (Lipinski definition) is 7. The molecule has 0 saturated carbocycles. The molecule has 3 aromatic rings. The van der Waals surface area contributed by atoms with E-state index in [-0.39, 0.29) is 50.3 Å². The number of pyridine rings is 1. The molecule has 12 nitrogen and oxygen atoms in total. The molecule has 1 aliphatic heterocycles. The fourth-order valence-electron chi connectivity index (χ4n) is 6.29. The molecule has 2 aromatic carbocycles. The first-order valence-electron chi connectivity index (χ1n) is 16.7. The Bertz CT molecular complexity index is 1710. The average Bonchev–Trinajstić information content (AvgIpc) is 3.09. The molecule has 0 atom stereocenters. The summed E-state index contributed by atoms with van der Waals surface area (Å²) in [7, 11) is 1.25. The van der Waals surface area contributed by atoms with E-state index in [2.05, 4.69) is 20.9 Å². The van der Waals surface area contributed by atoms with Crippen LogP contribution < -0.4 is 16.0 Å². The van der Waals surface area contributed by atoms with Crippen molar-refractivity contribution in [3.8, 4) is 0 Å². The van der Waals surface area contributed by atoms with Crippen LogP contribution in [0.25, 0.3) is 0 Å². The highest BCUT2D eigenvalue weighted by atomic mass is 32.2. The van der Waals surface area contributed by atoms with Crippen molar-refractivity contribution in [2.45, 2.75) is 59.0 Å². The van der Waals surface area contributed by atoms with Crippen molar-refractivity contribution in [1.82, 2.24) is 23.8 Å². The normalized spacial score (nSPS) is 14.7. The summed E-state index contributed by atoms with van der Waals surface area (Å²) in [6, 6.07) is 18.6. The highest BCUT2D eigenvalue weighted by molar-refractivity contribution is 7.86. The van der Waals surface area contributed by atoms with Gasteiger partial charge in [-0.25, -0.2) is 4.98 Å². The molecule has 1 saturated heterocycles. The summed E-state index contributed by atoms with van der Waals surface area (Å²) in [4.78, 5) is 46.8. The summed E-state index contributed by atoms with van der Waals surface area (Å²) in [6.07, 6.45) is 3.65. The molecule has 3 amide bonds. The molecule has 0 bridgehead atoms. The minimum absolute atomic E-state index is 0.107. The zero-order chi connectivity index (χ0) is 35.6. The molecule has 1 aliphatic rings. The first-order valence-corrected chi connectivity index (χ1v) is 18.1. The lowest BCUT2D eigenvalue weighted by atomic mass is 9.75. The molecular formula is C36H49N7O5S. The third kappa shape index (κ3) is 9.50. The number of nitrogens with zero attached hydrogens (tertiary/aromatic N) is 4. The molecule has 0 unspecified atom stereocenters. The summed E-state index contributed by atoms with van der Waals surface area (Å²) < 4.78 is 28.3. The summed E-state index contributed by atoms with van der Waals surface area (Å²) >= 11 is 0. The number of anilines is 2. The first-order chi connectivity index (χ1) is 23.4. The third-order valence-electron chi connectivity index (χ3n) is 9.22. The molecule has 0 spiro atoms. The van der Waals surface area contributed by atoms with Crippen molar-refractivity contribution in [3.63, 3.8) is 0 Å². The minimum Gasteiger partial charge on any atom is -0.329 e. The maximum atomic E-state index is 14.5. The summed E-state index contributed by atoms with van der Waals surface area (Å²) in [6.45, 7) is 5.02. The number of piperidine rings is 1. The molecule has 2 heterocycles. The van der Waals surface area contributed by atoms with Crippen LogP contribution in [0.2, 0.25) is 0 Å². The summed E-state index contributed by atoms with van der Waals surface area (Å²) in [5.41, 5.74) is 3.42. The molecule has 1 fully saturated rings. The van der Waals surface area contributed by atoms with Crippen LogP contribution in [0.5, 0.6) is 0 Å². The van der Waals surface area contributed by atoms with E-state index in [1.807, 2.05) is 51.2 Å². The lowest BCUT2D eigenvalue weighted by molar-refractivity contribution is -0.147. The second-order valence-electron chi connectivity index (χ2n) is 12.6. The predicted octanol–water partition coefficient (Wildman–Crippen LogP) is 3.81. The smallest absolute Gasteiger partial charge is 0.281 e. The zero-order valence-corrected chi connectivity index (χ0v) is 30.0. The van der Waals surface area contributed by atoms with Gasteiger partial charge >= 0.3 is 0 Å². The van der Waals surface area contributed by atoms with Gasteiger partial charge in [0.05, 0.1) is 11.8 Å². The van der Waals surface area contributed by atoms with E-state index in [9.17, 15) is 22.8 Å². The lowest BCUT2D eigenvalue weighted by Gasteiger charge is -2.42. The summed E-state index contributed by atoms with van der Waals surface area (Å²) in [5.74, 6) is -0.292. The van der Waals surface area contributed by atoms with Gasteiger partial charge in [0.1, 0.15) is 12.4 Å². The highest BCUT2D eigenvalue weighted by Crippen LogP contribution is 2.38. The van der Waals surface area contributed by atoms with Crippen molar-refractivity contribution in [2.75, 3.05) is 51.4 Å².